The molecular weight excluding hydrogens is 268 g/mol. The highest BCUT2D eigenvalue weighted by molar-refractivity contribution is 5.78. The van der Waals surface area contributed by atoms with E-state index in [1.807, 2.05) is 13.8 Å². The summed E-state index contributed by atoms with van der Waals surface area (Å²) in [6.07, 6.45) is 3.92. The van der Waals surface area contributed by atoms with Crippen molar-refractivity contribution in [2.45, 2.75) is 46.6 Å². The van der Waals surface area contributed by atoms with E-state index in [0.29, 0.717) is 6.54 Å². The summed E-state index contributed by atoms with van der Waals surface area (Å²) in [5.41, 5.74) is 6.51. The second kappa shape index (κ2) is 5.70. The molecule has 1 saturated heterocycles. The van der Waals surface area contributed by atoms with Gasteiger partial charge in [-0.25, -0.2) is 4.79 Å². The summed E-state index contributed by atoms with van der Waals surface area (Å²) in [5.74, 6) is 0.0282. The predicted octanol–water partition coefficient (Wildman–Crippen LogP) is 2.31. The highest BCUT2D eigenvalue weighted by Gasteiger charge is 2.61. The largest absolute Gasteiger partial charge is 0.463 e. The predicted molar refractivity (Wildman–Crippen MR) is 80.5 cm³/mol. The third-order valence-electron chi connectivity index (χ3n) is 4.76. The molecule has 2 N–H and O–H groups in total. The summed E-state index contributed by atoms with van der Waals surface area (Å²) in [6, 6.07) is -0.488. The molecule has 0 bridgehead atoms. The van der Waals surface area contributed by atoms with Crippen molar-refractivity contribution in [3.05, 3.63) is 11.6 Å². The number of likely N-dealkylation sites (tertiary alicyclic amines) is 1. The Labute approximate surface area is 126 Å². The number of hydrogen-bond donors (Lipinski definition) is 1. The molecule has 2 aliphatic rings. The molecule has 2 fully saturated rings. The number of urea groups is 1. The molecule has 21 heavy (non-hydrogen) atoms. The van der Waals surface area contributed by atoms with Crippen molar-refractivity contribution in [1.82, 2.24) is 4.90 Å². The summed E-state index contributed by atoms with van der Waals surface area (Å²) in [5, 5.41) is 0. The molecule has 1 heterocycles. The minimum atomic E-state index is -0.428. The van der Waals surface area contributed by atoms with E-state index in [0.717, 1.165) is 12.8 Å². The number of amides is 2. The fraction of sp³-hybridized carbons (Fsp3) is 0.750. The van der Waals surface area contributed by atoms with E-state index in [-0.39, 0.29) is 35.9 Å². The third-order valence-corrected chi connectivity index (χ3v) is 4.76. The number of carbonyl (C=O) groups is 2. The number of allylic oxidation sites excluding steroid dienone is 2. The average Bonchev–Trinajstić information content (AvgIpc) is 2.77. The lowest BCUT2D eigenvalue weighted by Crippen LogP contribution is -2.42. The number of nitrogens with two attached hydrogens (primary N) is 1. The van der Waals surface area contributed by atoms with Crippen LogP contribution in [0.5, 0.6) is 0 Å². The van der Waals surface area contributed by atoms with Crippen LogP contribution in [0.4, 0.5) is 4.79 Å². The van der Waals surface area contributed by atoms with E-state index < -0.39 is 6.03 Å². The molecular formula is C16H26N2O3. The third kappa shape index (κ3) is 3.22. The zero-order chi connectivity index (χ0) is 15.8. The van der Waals surface area contributed by atoms with Gasteiger partial charge in [0.15, 0.2) is 0 Å². The van der Waals surface area contributed by atoms with Crippen LogP contribution >= 0.6 is 0 Å². The van der Waals surface area contributed by atoms with E-state index in [9.17, 15) is 9.59 Å². The summed E-state index contributed by atoms with van der Waals surface area (Å²) in [4.78, 5) is 25.1. The number of ether oxygens (including phenoxy) is 1. The first-order valence-corrected chi connectivity index (χ1v) is 7.63. The number of nitrogens with zero attached hydrogens (tertiary/aromatic N) is 1. The Morgan fingerprint density at radius 3 is 2.62 bits per heavy atom. The maximum atomic E-state index is 12.3. The van der Waals surface area contributed by atoms with Crippen LogP contribution in [0.15, 0.2) is 11.6 Å². The molecule has 0 unspecified atom stereocenters. The second-order valence-electron chi connectivity index (χ2n) is 7.03. The quantitative estimate of drug-likeness (QED) is 0.639. The number of carbonyl (C=O) groups excluding carboxylic acids is 2. The fourth-order valence-electron chi connectivity index (χ4n) is 3.37. The van der Waals surface area contributed by atoms with Gasteiger partial charge in [0.25, 0.3) is 0 Å². The van der Waals surface area contributed by atoms with Gasteiger partial charge in [-0.1, -0.05) is 25.5 Å². The topological polar surface area (TPSA) is 72.6 Å². The van der Waals surface area contributed by atoms with Gasteiger partial charge in [-0.2, -0.15) is 0 Å². The van der Waals surface area contributed by atoms with E-state index in [1.54, 1.807) is 4.90 Å². The maximum absolute atomic E-state index is 12.3. The molecule has 3 atom stereocenters. The molecule has 2 rings (SSSR count). The monoisotopic (exact) mass is 294 g/mol. The SMILES string of the molecule is CC(C)=C[C@@H]1[C@@H](C(=O)OC[C@@H]2CCCN2C(N)=O)C1(C)C. The minimum absolute atomic E-state index is 0.0343. The van der Waals surface area contributed by atoms with E-state index >= 15 is 0 Å². The van der Waals surface area contributed by atoms with Gasteiger partial charge in [0.2, 0.25) is 0 Å². The summed E-state index contributed by atoms with van der Waals surface area (Å²) < 4.78 is 5.46. The van der Waals surface area contributed by atoms with Crippen molar-refractivity contribution >= 4 is 12.0 Å². The molecule has 0 radical (unpaired) electrons. The molecule has 1 aliphatic carbocycles. The number of hydrogen-bond acceptors (Lipinski definition) is 3. The maximum Gasteiger partial charge on any atom is 0.315 e. The lowest BCUT2D eigenvalue weighted by Gasteiger charge is -2.22. The molecule has 0 spiro atoms. The lowest BCUT2D eigenvalue weighted by molar-refractivity contribution is -0.147. The highest BCUT2D eigenvalue weighted by Crippen LogP contribution is 2.59. The Hall–Kier alpha value is -1.52. The van der Waals surface area contributed by atoms with Gasteiger partial charge >= 0.3 is 12.0 Å². The van der Waals surface area contributed by atoms with Crippen molar-refractivity contribution in [2.24, 2.45) is 23.0 Å². The number of primary amides is 1. The summed E-state index contributed by atoms with van der Waals surface area (Å²) in [7, 11) is 0. The summed E-state index contributed by atoms with van der Waals surface area (Å²) >= 11 is 0. The van der Waals surface area contributed by atoms with Crippen LogP contribution in [0, 0.1) is 17.3 Å². The zero-order valence-corrected chi connectivity index (χ0v) is 13.4. The molecule has 5 nitrogen and oxygen atoms in total. The number of rotatable bonds is 4. The van der Waals surface area contributed by atoms with Gasteiger partial charge in [0.05, 0.1) is 12.0 Å². The van der Waals surface area contributed by atoms with Crippen LogP contribution in [0.3, 0.4) is 0 Å². The van der Waals surface area contributed by atoms with Crippen LogP contribution < -0.4 is 5.73 Å². The van der Waals surface area contributed by atoms with Gasteiger partial charge in [-0.05, 0) is 38.0 Å². The zero-order valence-electron chi connectivity index (χ0n) is 13.4. The smallest absolute Gasteiger partial charge is 0.315 e. The van der Waals surface area contributed by atoms with Gasteiger partial charge in [0.1, 0.15) is 6.61 Å². The number of esters is 1. The van der Waals surface area contributed by atoms with Crippen LogP contribution in [0.1, 0.15) is 40.5 Å². The van der Waals surface area contributed by atoms with Gasteiger partial charge in [0, 0.05) is 6.54 Å². The first kappa shape index (κ1) is 15.9. The lowest BCUT2D eigenvalue weighted by atomic mass is 10.1. The van der Waals surface area contributed by atoms with Crippen molar-refractivity contribution < 1.29 is 14.3 Å². The van der Waals surface area contributed by atoms with Crippen LogP contribution in [-0.2, 0) is 9.53 Å². The van der Waals surface area contributed by atoms with E-state index in [1.165, 1.54) is 5.57 Å². The Kier molecular flexibility index (Phi) is 4.30. The van der Waals surface area contributed by atoms with Crippen molar-refractivity contribution in [1.29, 1.82) is 0 Å². The second-order valence-corrected chi connectivity index (χ2v) is 7.03. The molecule has 1 aliphatic heterocycles. The molecule has 2 amide bonds. The van der Waals surface area contributed by atoms with Crippen molar-refractivity contribution in [3.8, 4) is 0 Å². The van der Waals surface area contributed by atoms with Gasteiger partial charge in [-0.3, -0.25) is 4.79 Å². The van der Waals surface area contributed by atoms with Crippen LogP contribution in [0.2, 0.25) is 0 Å². The van der Waals surface area contributed by atoms with Crippen molar-refractivity contribution in [3.63, 3.8) is 0 Å². The van der Waals surface area contributed by atoms with Gasteiger partial charge < -0.3 is 15.4 Å². The minimum Gasteiger partial charge on any atom is -0.463 e. The first-order valence-electron chi connectivity index (χ1n) is 7.63. The average molecular weight is 294 g/mol. The molecule has 118 valence electrons. The van der Waals surface area contributed by atoms with Crippen LogP contribution in [0.25, 0.3) is 0 Å². The van der Waals surface area contributed by atoms with Crippen molar-refractivity contribution in [2.75, 3.05) is 13.2 Å². The first-order chi connectivity index (χ1) is 9.75. The normalized spacial score (nSPS) is 29.9. The standard InChI is InChI=1S/C16H26N2O3/c1-10(2)8-12-13(16(12,3)4)14(19)21-9-11-6-5-7-18(11)15(17)20/h8,11-13H,5-7,9H2,1-4H3,(H2,17,20)/t11-,12+,13-/m0/s1. The highest BCUT2D eigenvalue weighted by atomic mass is 16.5. The molecule has 0 aromatic rings. The van der Waals surface area contributed by atoms with Gasteiger partial charge in [-0.15, -0.1) is 0 Å². The molecule has 0 aromatic heterocycles. The summed E-state index contributed by atoms with van der Waals surface area (Å²) in [6.45, 7) is 9.19. The molecule has 5 heteroatoms. The molecule has 1 saturated carbocycles. The van der Waals surface area contributed by atoms with Crippen LogP contribution in [-0.4, -0.2) is 36.1 Å². The Balaban J connectivity index is 1.88. The van der Waals surface area contributed by atoms with E-state index in [4.69, 9.17) is 10.5 Å². The Bertz CT molecular complexity index is 466. The Morgan fingerprint density at radius 1 is 1.38 bits per heavy atom. The fourth-order valence-corrected chi connectivity index (χ4v) is 3.37. The molecule has 0 aromatic carbocycles. The Morgan fingerprint density at radius 2 is 2.05 bits per heavy atom. The van der Waals surface area contributed by atoms with E-state index in [2.05, 4.69) is 19.9 Å².